The smallest absolute Gasteiger partial charge is 0.244 e. The molecule has 0 aromatic heterocycles. The lowest BCUT2D eigenvalue weighted by molar-refractivity contribution is -0.120. The molecule has 3 rings (SSSR count). The highest BCUT2D eigenvalue weighted by Crippen LogP contribution is 2.27. The number of nitrogens with one attached hydrogen (secondary N) is 1. The Morgan fingerprint density at radius 2 is 1.70 bits per heavy atom. The molecule has 1 N–H and O–H groups in total. The summed E-state index contributed by atoms with van der Waals surface area (Å²) in [4.78, 5) is 12.2. The van der Waals surface area contributed by atoms with Gasteiger partial charge in [0.25, 0.3) is 0 Å². The highest BCUT2D eigenvalue weighted by molar-refractivity contribution is 5.83. The van der Waals surface area contributed by atoms with Gasteiger partial charge in [0.2, 0.25) is 5.91 Å². The van der Waals surface area contributed by atoms with Gasteiger partial charge in [-0.3, -0.25) is 4.79 Å². The molecule has 0 spiro atoms. The van der Waals surface area contributed by atoms with Gasteiger partial charge in [0, 0.05) is 0 Å². The number of nitrogens with zero attached hydrogens (tertiary/aromatic N) is 1. The van der Waals surface area contributed by atoms with Crippen LogP contribution in [0.5, 0.6) is 17.2 Å². The van der Waals surface area contributed by atoms with Crippen LogP contribution in [0.15, 0.2) is 77.9 Å². The van der Waals surface area contributed by atoms with E-state index in [1.165, 1.54) is 0 Å². The van der Waals surface area contributed by atoms with Gasteiger partial charge in [-0.1, -0.05) is 48.5 Å². The van der Waals surface area contributed by atoms with Crippen molar-refractivity contribution in [3.8, 4) is 17.2 Å². The van der Waals surface area contributed by atoms with Crippen LogP contribution in [0.1, 0.15) is 16.7 Å². The number of carbonyl (C=O) groups is 1. The quantitative estimate of drug-likeness (QED) is 0.433. The number of methoxy groups -OCH3 is 2. The Morgan fingerprint density at radius 3 is 2.47 bits per heavy atom. The van der Waals surface area contributed by atoms with E-state index in [4.69, 9.17) is 14.2 Å². The highest BCUT2D eigenvalue weighted by atomic mass is 16.5. The summed E-state index contributed by atoms with van der Waals surface area (Å²) >= 11 is 0. The summed E-state index contributed by atoms with van der Waals surface area (Å²) in [5, 5.41) is 4.04. The van der Waals surface area contributed by atoms with E-state index in [0.717, 1.165) is 22.4 Å². The van der Waals surface area contributed by atoms with Crippen LogP contribution in [0.2, 0.25) is 0 Å². The molecule has 0 heterocycles. The van der Waals surface area contributed by atoms with Gasteiger partial charge >= 0.3 is 0 Å². The Morgan fingerprint density at radius 1 is 0.900 bits per heavy atom. The molecular weight excluding hydrogens is 380 g/mol. The van der Waals surface area contributed by atoms with Gasteiger partial charge in [0.1, 0.15) is 12.4 Å². The molecule has 3 aromatic carbocycles. The zero-order valence-corrected chi connectivity index (χ0v) is 17.0. The predicted molar refractivity (Wildman–Crippen MR) is 116 cm³/mol. The van der Waals surface area contributed by atoms with Crippen LogP contribution < -0.4 is 19.6 Å². The fraction of sp³-hybridized carbons (Fsp3) is 0.167. The molecule has 0 saturated heterocycles. The second kappa shape index (κ2) is 10.7. The number of benzene rings is 3. The van der Waals surface area contributed by atoms with E-state index in [9.17, 15) is 4.79 Å². The maximum Gasteiger partial charge on any atom is 0.244 e. The molecular formula is C24H24N2O4. The first-order valence-corrected chi connectivity index (χ1v) is 9.47. The van der Waals surface area contributed by atoms with E-state index < -0.39 is 0 Å². The van der Waals surface area contributed by atoms with E-state index in [0.29, 0.717) is 18.1 Å². The number of amides is 1. The van der Waals surface area contributed by atoms with Crippen LogP contribution in [0, 0.1) is 0 Å². The van der Waals surface area contributed by atoms with Crippen molar-refractivity contribution < 1.29 is 19.0 Å². The Bertz CT molecular complexity index is 1000. The Balaban J connectivity index is 1.53. The second-order valence-corrected chi connectivity index (χ2v) is 6.51. The highest BCUT2D eigenvalue weighted by Gasteiger charge is 2.08. The largest absolute Gasteiger partial charge is 0.493 e. The first kappa shape index (κ1) is 20.9. The lowest BCUT2D eigenvalue weighted by atomic mass is 10.1. The minimum Gasteiger partial charge on any atom is -0.493 e. The molecule has 0 aliphatic heterocycles. The summed E-state index contributed by atoms with van der Waals surface area (Å²) in [6, 6.07) is 22.8. The SMILES string of the molecule is COc1ccc(CC(=O)NN=Cc2cccc(OCc3ccccc3)c2)cc1OC. The van der Waals surface area contributed by atoms with Crippen LogP contribution in [0.3, 0.4) is 0 Å². The number of hydrogen-bond acceptors (Lipinski definition) is 5. The molecule has 0 saturated carbocycles. The lowest BCUT2D eigenvalue weighted by Crippen LogP contribution is -2.19. The van der Waals surface area contributed by atoms with E-state index in [2.05, 4.69) is 10.5 Å². The summed E-state index contributed by atoms with van der Waals surface area (Å²) in [5.41, 5.74) is 5.27. The van der Waals surface area contributed by atoms with Crippen molar-refractivity contribution >= 4 is 12.1 Å². The van der Waals surface area contributed by atoms with Crippen LogP contribution in [0.25, 0.3) is 0 Å². The van der Waals surface area contributed by atoms with Crippen molar-refractivity contribution in [2.75, 3.05) is 14.2 Å². The van der Waals surface area contributed by atoms with Crippen LogP contribution in [-0.2, 0) is 17.8 Å². The topological polar surface area (TPSA) is 69.2 Å². The van der Waals surface area contributed by atoms with Gasteiger partial charge in [-0.15, -0.1) is 0 Å². The van der Waals surface area contributed by atoms with Crippen molar-refractivity contribution in [3.63, 3.8) is 0 Å². The number of ether oxygens (including phenoxy) is 3. The van der Waals surface area contributed by atoms with Crippen molar-refractivity contribution in [1.29, 1.82) is 0 Å². The molecule has 6 heteroatoms. The van der Waals surface area contributed by atoms with Gasteiger partial charge in [0.15, 0.2) is 11.5 Å². The van der Waals surface area contributed by atoms with Gasteiger partial charge in [0.05, 0.1) is 26.9 Å². The summed E-state index contributed by atoms with van der Waals surface area (Å²) < 4.78 is 16.3. The van der Waals surface area contributed by atoms with Crippen molar-refractivity contribution in [1.82, 2.24) is 5.43 Å². The molecule has 154 valence electrons. The maximum atomic E-state index is 12.2. The number of hydrogen-bond donors (Lipinski definition) is 1. The molecule has 0 aliphatic carbocycles. The zero-order valence-electron chi connectivity index (χ0n) is 17.0. The molecule has 0 unspecified atom stereocenters. The van der Waals surface area contributed by atoms with Crippen molar-refractivity contribution in [2.24, 2.45) is 5.10 Å². The van der Waals surface area contributed by atoms with E-state index >= 15 is 0 Å². The van der Waals surface area contributed by atoms with Crippen LogP contribution in [-0.4, -0.2) is 26.3 Å². The standard InChI is InChI=1S/C24H24N2O4/c1-28-22-12-11-19(14-23(22)29-2)15-24(27)26-25-16-20-9-6-10-21(13-20)30-17-18-7-4-3-5-8-18/h3-14,16H,15,17H2,1-2H3,(H,26,27). The molecule has 0 fully saturated rings. The molecule has 0 bridgehead atoms. The number of rotatable bonds is 9. The number of carbonyl (C=O) groups excluding carboxylic acids is 1. The number of hydrazone groups is 1. The maximum absolute atomic E-state index is 12.2. The average Bonchev–Trinajstić information content (AvgIpc) is 2.78. The van der Waals surface area contributed by atoms with Gasteiger partial charge in [-0.2, -0.15) is 5.10 Å². The molecule has 30 heavy (non-hydrogen) atoms. The zero-order chi connectivity index (χ0) is 21.2. The monoisotopic (exact) mass is 404 g/mol. The minimum atomic E-state index is -0.227. The first-order chi connectivity index (χ1) is 14.7. The minimum absolute atomic E-state index is 0.178. The second-order valence-electron chi connectivity index (χ2n) is 6.51. The van der Waals surface area contributed by atoms with Crippen LogP contribution >= 0.6 is 0 Å². The Hall–Kier alpha value is -3.80. The Labute approximate surface area is 176 Å². The van der Waals surface area contributed by atoms with Crippen molar-refractivity contribution in [2.45, 2.75) is 13.0 Å². The Kier molecular flexibility index (Phi) is 7.44. The predicted octanol–water partition coefficient (Wildman–Crippen LogP) is 3.98. The molecule has 0 atom stereocenters. The molecule has 0 radical (unpaired) electrons. The lowest BCUT2D eigenvalue weighted by Gasteiger charge is -2.09. The van der Waals surface area contributed by atoms with Crippen molar-refractivity contribution in [3.05, 3.63) is 89.5 Å². The van der Waals surface area contributed by atoms with E-state index in [1.54, 1.807) is 32.6 Å². The summed E-state index contributed by atoms with van der Waals surface area (Å²) in [7, 11) is 3.13. The summed E-state index contributed by atoms with van der Waals surface area (Å²) in [5.74, 6) is 1.71. The molecule has 0 aliphatic rings. The normalized spacial score (nSPS) is 10.6. The van der Waals surface area contributed by atoms with E-state index in [-0.39, 0.29) is 12.3 Å². The van der Waals surface area contributed by atoms with Gasteiger partial charge < -0.3 is 14.2 Å². The summed E-state index contributed by atoms with van der Waals surface area (Å²) in [6.45, 7) is 0.490. The van der Waals surface area contributed by atoms with Gasteiger partial charge in [-0.05, 0) is 41.0 Å². The van der Waals surface area contributed by atoms with E-state index in [1.807, 2.05) is 60.7 Å². The molecule has 3 aromatic rings. The first-order valence-electron chi connectivity index (χ1n) is 9.47. The molecule has 1 amide bonds. The molecule has 6 nitrogen and oxygen atoms in total. The average molecular weight is 404 g/mol. The third-order valence-electron chi connectivity index (χ3n) is 4.32. The third kappa shape index (κ3) is 6.10. The summed E-state index contributed by atoms with van der Waals surface area (Å²) in [6.07, 6.45) is 1.76. The van der Waals surface area contributed by atoms with Gasteiger partial charge in [-0.25, -0.2) is 5.43 Å². The van der Waals surface area contributed by atoms with Crippen LogP contribution in [0.4, 0.5) is 0 Å². The fourth-order valence-corrected chi connectivity index (χ4v) is 2.82. The fourth-order valence-electron chi connectivity index (χ4n) is 2.82. The third-order valence-corrected chi connectivity index (χ3v) is 4.32.